The Labute approximate surface area is 197 Å². The van der Waals surface area contributed by atoms with Gasteiger partial charge in [0.15, 0.2) is 0 Å². The zero-order chi connectivity index (χ0) is 24.1. The molecule has 0 aliphatic carbocycles. The number of aliphatic hydroxyl groups is 1. The van der Waals surface area contributed by atoms with Crippen LogP contribution in [0.4, 0.5) is 4.39 Å². The lowest BCUT2D eigenvalue weighted by atomic mass is 9.97. The predicted molar refractivity (Wildman–Crippen MR) is 130 cm³/mol. The number of aliphatic hydroxyl groups excluding tert-OH is 1. The molecule has 1 saturated heterocycles. The quantitative estimate of drug-likeness (QED) is 0.575. The fourth-order valence-corrected chi connectivity index (χ4v) is 4.03. The number of nitrogens with zero attached hydrogens (tertiary/aromatic N) is 1. The first-order valence-electron chi connectivity index (χ1n) is 11.7. The Hall–Kier alpha value is -2.44. The first kappa shape index (κ1) is 25.2. The van der Waals surface area contributed by atoms with Crippen molar-refractivity contribution in [1.82, 2.24) is 10.2 Å². The van der Waals surface area contributed by atoms with Crippen LogP contribution in [0.1, 0.15) is 50.9 Å². The molecular weight excluding hydrogens is 419 g/mol. The van der Waals surface area contributed by atoms with Crippen molar-refractivity contribution in [2.45, 2.75) is 51.7 Å². The molecule has 1 heterocycles. The average Bonchev–Trinajstić information content (AvgIpc) is 2.78. The van der Waals surface area contributed by atoms with Crippen LogP contribution in [0.2, 0.25) is 0 Å². The molecule has 0 bridgehead atoms. The molecule has 180 valence electrons. The summed E-state index contributed by atoms with van der Waals surface area (Å²) in [6.07, 6.45) is 2.06. The van der Waals surface area contributed by atoms with Gasteiger partial charge in [0.05, 0.1) is 18.8 Å². The van der Waals surface area contributed by atoms with Crippen LogP contribution in [0.15, 0.2) is 48.5 Å². The standard InChI is InChI=1S/C27H37FN2O3/c1-26(2,28)18-30-15-13-20(14-16-30)17-33-24-11-9-22(10-12-24)21-5-7-23(8-6-21)25(32)29-27(3,4)19-31/h5-12,20,31H,13-19H2,1-4H3,(H,29,32). The molecule has 0 spiro atoms. The van der Waals surface area contributed by atoms with Crippen LogP contribution in [-0.2, 0) is 0 Å². The van der Waals surface area contributed by atoms with Crippen LogP contribution in [0.5, 0.6) is 5.75 Å². The van der Waals surface area contributed by atoms with Crippen molar-refractivity contribution in [2.75, 3.05) is 32.8 Å². The number of carbonyl (C=O) groups excluding carboxylic acids is 1. The minimum absolute atomic E-state index is 0.123. The molecule has 5 nitrogen and oxygen atoms in total. The number of carbonyl (C=O) groups is 1. The van der Waals surface area contributed by atoms with Gasteiger partial charge in [-0.25, -0.2) is 4.39 Å². The third-order valence-electron chi connectivity index (χ3n) is 5.97. The Balaban J connectivity index is 1.49. The first-order chi connectivity index (χ1) is 15.5. The highest BCUT2D eigenvalue weighted by Gasteiger charge is 2.25. The van der Waals surface area contributed by atoms with Crippen molar-refractivity contribution < 1.29 is 19.0 Å². The van der Waals surface area contributed by atoms with Crippen molar-refractivity contribution >= 4 is 5.91 Å². The highest BCUT2D eigenvalue weighted by molar-refractivity contribution is 5.95. The van der Waals surface area contributed by atoms with E-state index in [1.54, 1.807) is 39.8 Å². The van der Waals surface area contributed by atoms with E-state index < -0.39 is 11.2 Å². The molecule has 0 atom stereocenters. The van der Waals surface area contributed by atoms with E-state index in [1.165, 1.54) is 0 Å². The minimum Gasteiger partial charge on any atom is -0.493 e. The lowest BCUT2D eigenvalue weighted by Crippen LogP contribution is -2.46. The molecular formula is C27H37FN2O3. The lowest BCUT2D eigenvalue weighted by Gasteiger charge is -2.34. The molecule has 1 amide bonds. The summed E-state index contributed by atoms with van der Waals surface area (Å²) in [5.74, 6) is 1.13. The Kier molecular flexibility index (Phi) is 8.14. The smallest absolute Gasteiger partial charge is 0.251 e. The van der Waals surface area contributed by atoms with Gasteiger partial charge in [0, 0.05) is 12.1 Å². The summed E-state index contributed by atoms with van der Waals surface area (Å²) < 4.78 is 19.8. The molecule has 1 aliphatic heterocycles. The highest BCUT2D eigenvalue weighted by Crippen LogP contribution is 2.25. The van der Waals surface area contributed by atoms with Crippen LogP contribution in [-0.4, -0.2) is 60.0 Å². The number of hydrogen-bond donors (Lipinski definition) is 2. The molecule has 3 rings (SSSR count). The second kappa shape index (κ2) is 10.7. The lowest BCUT2D eigenvalue weighted by molar-refractivity contribution is 0.0836. The number of nitrogens with one attached hydrogen (secondary N) is 1. The summed E-state index contributed by atoms with van der Waals surface area (Å²) >= 11 is 0. The van der Waals surface area contributed by atoms with Gasteiger partial charge in [-0.15, -0.1) is 0 Å². The van der Waals surface area contributed by atoms with Gasteiger partial charge in [-0.05, 0) is 94.9 Å². The number of amides is 1. The van der Waals surface area contributed by atoms with Gasteiger partial charge in [0.2, 0.25) is 0 Å². The van der Waals surface area contributed by atoms with Crippen molar-refractivity contribution in [2.24, 2.45) is 5.92 Å². The topological polar surface area (TPSA) is 61.8 Å². The number of benzene rings is 2. The molecule has 0 saturated carbocycles. The summed E-state index contributed by atoms with van der Waals surface area (Å²) in [6.45, 7) is 9.72. The maximum absolute atomic E-state index is 13.8. The average molecular weight is 457 g/mol. The highest BCUT2D eigenvalue weighted by atomic mass is 19.1. The maximum Gasteiger partial charge on any atom is 0.251 e. The van der Waals surface area contributed by atoms with Gasteiger partial charge in [-0.3, -0.25) is 4.79 Å². The third-order valence-corrected chi connectivity index (χ3v) is 5.97. The van der Waals surface area contributed by atoms with Crippen molar-refractivity contribution in [3.05, 3.63) is 54.1 Å². The monoisotopic (exact) mass is 456 g/mol. The predicted octanol–water partition coefficient (Wildman–Crippen LogP) is 4.69. The number of alkyl halides is 1. The molecule has 0 aromatic heterocycles. The van der Waals surface area contributed by atoms with Gasteiger partial charge >= 0.3 is 0 Å². The van der Waals surface area contributed by atoms with Crippen LogP contribution in [0.3, 0.4) is 0 Å². The zero-order valence-electron chi connectivity index (χ0n) is 20.2. The number of hydrogen-bond acceptors (Lipinski definition) is 4. The van der Waals surface area contributed by atoms with E-state index in [2.05, 4.69) is 10.2 Å². The largest absolute Gasteiger partial charge is 0.493 e. The molecule has 0 radical (unpaired) electrons. The Morgan fingerprint density at radius 1 is 1.03 bits per heavy atom. The first-order valence-corrected chi connectivity index (χ1v) is 11.7. The molecule has 1 aliphatic rings. The van der Waals surface area contributed by atoms with Gasteiger partial charge in [0.1, 0.15) is 11.4 Å². The minimum atomic E-state index is -1.14. The van der Waals surface area contributed by atoms with Gasteiger partial charge < -0.3 is 20.1 Å². The molecule has 2 aromatic rings. The Morgan fingerprint density at radius 2 is 1.58 bits per heavy atom. The normalized spacial score (nSPS) is 15.9. The van der Waals surface area contributed by atoms with Gasteiger partial charge in [0.25, 0.3) is 5.91 Å². The van der Waals surface area contributed by atoms with Crippen molar-refractivity contribution in [1.29, 1.82) is 0 Å². The van der Waals surface area contributed by atoms with E-state index >= 15 is 0 Å². The Bertz CT molecular complexity index is 896. The second-order valence-corrected chi connectivity index (χ2v) is 10.3. The third kappa shape index (κ3) is 7.83. The van der Waals surface area contributed by atoms with Crippen LogP contribution >= 0.6 is 0 Å². The number of halogens is 1. The summed E-state index contributed by atoms with van der Waals surface area (Å²) in [4.78, 5) is 14.5. The summed E-state index contributed by atoms with van der Waals surface area (Å²) in [6, 6.07) is 15.4. The van der Waals surface area contributed by atoms with E-state index in [9.17, 15) is 14.3 Å². The number of rotatable bonds is 9. The molecule has 2 aromatic carbocycles. The van der Waals surface area contributed by atoms with Crippen molar-refractivity contribution in [3.63, 3.8) is 0 Å². The number of piperidine rings is 1. The molecule has 6 heteroatoms. The number of likely N-dealkylation sites (tertiary alicyclic amines) is 1. The molecule has 33 heavy (non-hydrogen) atoms. The van der Waals surface area contributed by atoms with E-state index in [-0.39, 0.29) is 12.5 Å². The summed E-state index contributed by atoms with van der Waals surface area (Å²) in [5, 5.41) is 12.1. The van der Waals surface area contributed by atoms with E-state index in [1.807, 2.05) is 36.4 Å². The second-order valence-electron chi connectivity index (χ2n) is 10.3. The molecule has 1 fully saturated rings. The fourth-order valence-electron chi connectivity index (χ4n) is 4.03. The summed E-state index contributed by atoms with van der Waals surface area (Å²) in [5.41, 5.74) is 0.818. The maximum atomic E-state index is 13.8. The summed E-state index contributed by atoms with van der Waals surface area (Å²) in [7, 11) is 0. The Morgan fingerprint density at radius 3 is 2.09 bits per heavy atom. The molecule has 2 N–H and O–H groups in total. The van der Waals surface area contributed by atoms with E-state index in [0.29, 0.717) is 24.6 Å². The SMILES string of the molecule is CC(C)(F)CN1CCC(COc2ccc(-c3ccc(C(=O)NC(C)(C)CO)cc3)cc2)CC1. The molecule has 0 unspecified atom stereocenters. The van der Waals surface area contributed by atoms with Gasteiger partial charge in [-0.2, -0.15) is 0 Å². The van der Waals surface area contributed by atoms with E-state index in [4.69, 9.17) is 4.74 Å². The van der Waals surface area contributed by atoms with Gasteiger partial charge in [-0.1, -0.05) is 24.3 Å². The fraction of sp³-hybridized carbons (Fsp3) is 0.519. The van der Waals surface area contributed by atoms with Crippen LogP contribution < -0.4 is 10.1 Å². The number of ether oxygens (including phenoxy) is 1. The zero-order valence-corrected chi connectivity index (χ0v) is 20.2. The van der Waals surface area contributed by atoms with Crippen LogP contribution in [0.25, 0.3) is 11.1 Å². The van der Waals surface area contributed by atoms with Crippen LogP contribution in [0, 0.1) is 5.92 Å². The van der Waals surface area contributed by atoms with Crippen molar-refractivity contribution in [3.8, 4) is 16.9 Å². The van der Waals surface area contributed by atoms with E-state index in [0.717, 1.165) is 42.8 Å².